The van der Waals surface area contributed by atoms with E-state index < -0.39 is 0 Å². The normalized spacial score (nSPS) is 12.6. The summed E-state index contributed by atoms with van der Waals surface area (Å²) in [4.78, 5) is 2.53. The highest BCUT2D eigenvalue weighted by atomic mass is 15.1. The molecule has 1 aliphatic rings. The Morgan fingerprint density at radius 2 is 0.831 bits per heavy atom. The Morgan fingerprint density at radius 1 is 0.338 bits per heavy atom. The minimum atomic E-state index is -0.165. The molecule has 0 saturated carbocycles. The first-order valence-corrected chi connectivity index (χ1v) is 22.6. The summed E-state index contributed by atoms with van der Waals surface area (Å²) < 4.78 is 2.43. The number of aromatic nitrogens is 1. The number of hydrogen-bond donors (Lipinski definition) is 0. The molecular weight excluding hydrogens is 785 g/mol. The van der Waals surface area contributed by atoms with Crippen LogP contribution in [0.2, 0.25) is 0 Å². The summed E-state index contributed by atoms with van der Waals surface area (Å²) in [5, 5.41) is 2.49. The molecule has 1 aromatic heterocycles. The highest BCUT2D eigenvalue weighted by Crippen LogP contribution is 2.56. The van der Waals surface area contributed by atoms with Gasteiger partial charge in [-0.3, -0.25) is 0 Å². The molecule has 0 spiro atoms. The fourth-order valence-electron chi connectivity index (χ4n) is 10.7. The lowest BCUT2D eigenvalue weighted by Gasteiger charge is -2.32. The van der Waals surface area contributed by atoms with E-state index in [1.165, 1.54) is 83.0 Å². The molecule has 11 aromatic rings. The molecule has 308 valence electrons. The van der Waals surface area contributed by atoms with Gasteiger partial charge in [0, 0.05) is 44.3 Å². The van der Waals surface area contributed by atoms with Gasteiger partial charge in [0.05, 0.1) is 22.4 Å². The van der Waals surface area contributed by atoms with Crippen molar-refractivity contribution in [1.82, 2.24) is 4.57 Å². The second-order valence-electron chi connectivity index (χ2n) is 17.6. The summed E-state index contributed by atoms with van der Waals surface area (Å²) in [5.41, 5.74) is 21.5. The molecule has 0 fully saturated rings. The van der Waals surface area contributed by atoms with Crippen molar-refractivity contribution in [1.29, 1.82) is 0 Å². The summed E-state index contributed by atoms with van der Waals surface area (Å²) >= 11 is 0. The van der Waals surface area contributed by atoms with Crippen LogP contribution in [0.1, 0.15) is 25.0 Å². The maximum absolute atomic E-state index is 2.53. The van der Waals surface area contributed by atoms with E-state index in [4.69, 9.17) is 0 Å². The van der Waals surface area contributed by atoms with Gasteiger partial charge in [0.2, 0.25) is 0 Å². The number of nitrogens with zero attached hydrogens (tertiary/aromatic N) is 2. The number of fused-ring (bicyclic) bond motifs is 6. The molecule has 0 bridgehead atoms. The van der Waals surface area contributed by atoms with E-state index in [0.717, 1.165) is 28.3 Å². The van der Waals surface area contributed by atoms with Crippen LogP contribution in [-0.2, 0) is 5.41 Å². The van der Waals surface area contributed by atoms with E-state index in [9.17, 15) is 0 Å². The Kier molecular flexibility index (Phi) is 9.21. The summed E-state index contributed by atoms with van der Waals surface area (Å²) in [5.74, 6) is 0. The summed E-state index contributed by atoms with van der Waals surface area (Å²) in [6, 6.07) is 88.9. The molecule has 65 heavy (non-hydrogen) atoms. The average molecular weight is 831 g/mol. The third kappa shape index (κ3) is 6.25. The molecule has 0 N–H and O–H groups in total. The van der Waals surface area contributed by atoms with E-state index >= 15 is 0 Å². The Morgan fingerprint density at radius 3 is 1.57 bits per heavy atom. The lowest BCUT2D eigenvalue weighted by atomic mass is 9.82. The molecule has 10 aromatic carbocycles. The molecule has 0 amide bonds. The van der Waals surface area contributed by atoms with Crippen molar-refractivity contribution in [3.8, 4) is 61.3 Å². The molecule has 2 heteroatoms. The summed E-state index contributed by atoms with van der Waals surface area (Å²) in [6.45, 7) is 4.74. The first-order chi connectivity index (χ1) is 32.1. The standard InChI is InChI=1S/C63H46N2/c1-63(2)55-34-16-14-30-54(55)61-56(63)35-20-38-59(61)64(58-37-19-31-49(44-23-8-4-9-24-44)60(58)52-29-13-12-27-48(52)43-21-6-3-7-22-43)47-41-39-45(40-42-47)50-32-18-33-53-51-28-15-17-36-57(51)65(62(50)53)46-25-10-5-11-26-46/h3-42H,1-2H3. The van der Waals surface area contributed by atoms with Gasteiger partial charge >= 0.3 is 0 Å². The number of benzene rings is 10. The van der Waals surface area contributed by atoms with Crippen LogP contribution in [0.15, 0.2) is 243 Å². The van der Waals surface area contributed by atoms with Crippen LogP contribution in [0, 0.1) is 0 Å². The highest BCUT2D eigenvalue weighted by molar-refractivity contribution is 6.14. The fourth-order valence-corrected chi connectivity index (χ4v) is 10.7. The number of hydrogen-bond acceptors (Lipinski definition) is 1. The first kappa shape index (κ1) is 38.5. The predicted molar refractivity (Wildman–Crippen MR) is 275 cm³/mol. The molecule has 2 nitrogen and oxygen atoms in total. The Hall–Kier alpha value is -8.20. The van der Waals surface area contributed by atoms with E-state index in [1.54, 1.807) is 0 Å². The molecule has 1 heterocycles. The number of rotatable bonds is 8. The monoisotopic (exact) mass is 830 g/mol. The lowest BCUT2D eigenvalue weighted by molar-refractivity contribution is 0.660. The van der Waals surface area contributed by atoms with Gasteiger partial charge in [0.15, 0.2) is 0 Å². The van der Waals surface area contributed by atoms with Crippen molar-refractivity contribution in [2.75, 3.05) is 4.90 Å². The van der Waals surface area contributed by atoms with Gasteiger partial charge in [-0.15, -0.1) is 0 Å². The average Bonchev–Trinajstić information content (AvgIpc) is 3.84. The Balaban J connectivity index is 1.13. The molecule has 12 rings (SSSR count). The zero-order chi connectivity index (χ0) is 43.5. The lowest BCUT2D eigenvalue weighted by Crippen LogP contribution is -2.16. The Bertz CT molecular complexity index is 3550. The third-order valence-electron chi connectivity index (χ3n) is 13.6. The quantitative estimate of drug-likeness (QED) is 0.148. The Labute approximate surface area is 381 Å². The van der Waals surface area contributed by atoms with Gasteiger partial charge in [-0.1, -0.05) is 214 Å². The maximum Gasteiger partial charge on any atom is 0.0619 e. The third-order valence-corrected chi connectivity index (χ3v) is 13.6. The van der Waals surface area contributed by atoms with Crippen molar-refractivity contribution < 1.29 is 0 Å². The number of para-hydroxylation sites is 3. The first-order valence-electron chi connectivity index (χ1n) is 22.6. The molecule has 0 unspecified atom stereocenters. The van der Waals surface area contributed by atoms with Gasteiger partial charge < -0.3 is 9.47 Å². The summed E-state index contributed by atoms with van der Waals surface area (Å²) in [7, 11) is 0. The van der Waals surface area contributed by atoms with Crippen molar-refractivity contribution >= 4 is 38.9 Å². The zero-order valence-corrected chi connectivity index (χ0v) is 36.5. The van der Waals surface area contributed by atoms with Crippen LogP contribution in [0.25, 0.3) is 83.1 Å². The molecule has 1 aliphatic carbocycles. The van der Waals surface area contributed by atoms with E-state index in [-0.39, 0.29) is 5.41 Å². The van der Waals surface area contributed by atoms with Gasteiger partial charge in [0.1, 0.15) is 0 Å². The molecule has 0 atom stereocenters. The van der Waals surface area contributed by atoms with E-state index in [2.05, 4.69) is 266 Å². The van der Waals surface area contributed by atoms with Gasteiger partial charge in [-0.05, 0) is 92.5 Å². The maximum atomic E-state index is 2.53. The summed E-state index contributed by atoms with van der Waals surface area (Å²) in [6.07, 6.45) is 0. The van der Waals surface area contributed by atoms with Crippen LogP contribution in [0.4, 0.5) is 17.1 Å². The second kappa shape index (κ2) is 15.6. The zero-order valence-electron chi connectivity index (χ0n) is 36.5. The second-order valence-corrected chi connectivity index (χ2v) is 17.6. The largest absolute Gasteiger partial charge is 0.309 e. The van der Waals surface area contributed by atoms with Gasteiger partial charge in [0.25, 0.3) is 0 Å². The molecular formula is C63H46N2. The van der Waals surface area contributed by atoms with Crippen LogP contribution < -0.4 is 4.90 Å². The minimum absolute atomic E-state index is 0.165. The fraction of sp³-hybridized carbons (Fsp3) is 0.0476. The predicted octanol–water partition coefficient (Wildman–Crippen LogP) is 17.2. The van der Waals surface area contributed by atoms with E-state index in [0.29, 0.717) is 0 Å². The highest BCUT2D eigenvalue weighted by Gasteiger charge is 2.38. The van der Waals surface area contributed by atoms with Crippen LogP contribution >= 0.6 is 0 Å². The van der Waals surface area contributed by atoms with Crippen LogP contribution in [-0.4, -0.2) is 4.57 Å². The van der Waals surface area contributed by atoms with Gasteiger partial charge in [-0.25, -0.2) is 0 Å². The minimum Gasteiger partial charge on any atom is -0.309 e. The smallest absolute Gasteiger partial charge is 0.0619 e. The number of anilines is 3. The topological polar surface area (TPSA) is 8.17 Å². The van der Waals surface area contributed by atoms with Crippen molar-refractivity contribution in [3.63, 3.8) is 0 Å². The van der Waals surface area contributed by atoms with Crippen molar-refractivity contribution in [2.24, 2.45) is 0 Å². The van der Waals surface area contributed by atoms with Crippen molar-refractivity contribution in [2.45, 2.75) is 19.3 Å². The molecule has 0 saturated heterocycles. The van der Waals surface area contributed by atoms with Crippen molar-refractivity contribution in [3.05, 3.63) is 254 Å². The molecule has 0 radical (unpaired) electrons. The SMILES string of the molecule is CC1(C)c2ccccc2-c2c(N(c3ccc(-c4cccc5c6ccccc6n(-c6ccccc6)c45)cc3)c3cccc(-c4ccccc4)c3-c3ccccc3-c3ccccc3)cccc21. The molecule has 0 aliphatic heterocycles. The van der Waals surface area contributed by atoms with Crippen LogP contribution in [0.3, 0.4) is 0 Å². The van der Waals surface area contributed by atoms with Crippen LogP contribution in [0.5, 0.6) is 0 Å². The van der Waals surface area contributed by atoms with E-state index in [1.807, 2.05) is 0 Å². The van der Waals surface area contributed by atoms with Gasteiger partial charge in [-0.2, -0.15) is 0 Å².